The lowest BCUT2D eigenvalue weighted by atomic mass is 10.0. The van der Waals surface area contributed by atoms with Crippen molar-refractivity contribution in [3.63, 3.8) is 0 Å². The summed E-state index contributed by atoms with van der Waals surface area (Å²) >= 11 is 1.42. The van der Waals surface area contributed by atoms with Crippen LogP contribution in [0.1, 0.15) is 23.1 Å². The van der Waals surface area contributed by atoms with E-state index in [-0.39, 0.29) is 5.91 Å². The zero-order valence-corrected chi connectivity index (χ0v) is 12.2. The minimum absolute atomic E-state index is 0.0619. The highest BCUT2D eigenvalue weighted by molar-refractivity contribution is 7.13. The molecule has 1 aliphatic rings. The molecule has 0 unspecified atom stereocenters. The van der Waals surface area contributed by atoms with Crippen molar-refractivity contribution in [3.05, 3.63) is 46.7 Å². The van der Waals surface area contributed by atoms with Crippen LogP contribution in [-0.2, 0) is 24.1 Å². The van der Waals surface area contributed by atoms with Crippen LogP contribution in [0.15, 0.2) is 34.4 Å². The first kappa shape index (κ1) is 12.6. The van der Waals surface area contributed by atoms with Crippen molar-refractivity contribution in [1.82, 2.24) is 4.98 Å². The van der Waals surface area contributed by atoms with Gasteiger partial charge in [-0.3, -0.25) is 4.79 Å². The van der Waals surface area contributed by atoms with E-state index < -0.39 is 0 Å². The summed E-state index contributed by atoms with van der Waals surface area (Å²) in [6, 6.07) is 4.31. The Labute approximate surface area is 125 Å². The molecule has 5 heteroatoms. The van der Waals surface area contributed by atoms with Crippen molar-refractivity contribution >= 4 is 33.3 Å². The van der Waals surface area contributed by atoms with Crippen LogP contribution in [-0.4, -0.2) is 10.9 Å². The van der Waals surface area contributed by atoms with Crippen LogP contribution in [0.25, 0.3) is 11.0 Å². The molecule has 0 fully saturated rings. The van der Waals surface area contributed by atoms with Gasteiger partial charge in [0.05, 0.1) is 12.7 Å². The molecule has 1 aliphatic carbocycles. The second-order valence-corrected chi connectivity index (χ2v) is 6.19. The predicted molar refractivity (Wildman–Crippen MR) is 82.7 cm³/mol. The van der Waals surface area contributed by atoms with E-state index in [4.69, 9.17) is 4.42 Å². The second kappa shape index (κ2) is 5.00. The molecule has 106 valence electrons. The summed E-state index contributed by atoms with van der Waals surface area (Å²) in [5.41, 5.74) is 4.60. The fraction of sp³-hybridized carbons (Fsp3) is 0.250. The van der Waals surface area contributed by atoms with E-state index in [0.29, 0.717) is 11.6 Å². The summed E-state index contributed by atoms with van der Waals surface area (Å²) in [7, 11) is 0. The average molecular weight is 298 g/mol. The van der Waals surface area contributed by atoms with Gasteiger partial charge in [0.2, 0.25) is 5.91 Å². The third-order valence-electron chi connectivity index (χ3n) is 3.90. The molecular formula is C16H14N2O2S. The van der Waals surface area contributed by atoms with Gasteiger partial charge in [0.25, 0.3) is 0 Å². The Morgan fingerprint density at radius 2 is 2.19 bits per heavy atom. The summed E-state index contributed by atoms with van der Waals surface area (Å²) in [4.78, 5) is 16.1. The molecular weight excluding hydrogens is 284 g/mol. The zero-order valence-electron chi connectivity index (χ0n) is 11.4. The lowest BCUT2D eigenvalue weighted by Gasteiger charge is -2.02. The maximum atomic E-state index is 12.1. The predicted octanol–water partition coefficient (Wildman–Crippen LogP) is 3.56. The van der Waals surface area contributed by atoms with Gasteiger partial charge in [0.1, 0.15) is 5.58 Å². The van der Waals surface area contributed by atoms with Gasteiger partial charge in [-0.15, -0.1) is 11.3 Å². The van der Waals surface area contributed by atoms with Crippen molar-refractivity contribution in [2.75, 3.05) is 5.32 Å². The van der Waals surface area contributed by atoms with Gasteiger partial charge < -0.3 is 9.73 Å². The number of carbonyl (C=O) groups is 1. The van der Waals surface area contributed by atoms with Crippen LogP contribution in [0.2, 0.25) is 0 Å². The van der Waals surface area contributed by atoms with Crippen molar-refractivity contribution < 1.29 is 9.21 Å². The highest BCUT2D eigenvalue weighted by atomic mass is 32.1. The molecule has 21 heavy (non-hydrogen) atoms. The number of thiazole rings is 1. The molecule has 1 aromatic carbocycles. The zero-order chi connectivity index (χ0) is 14.2. The molecule has 4 nitrogen and oxygen atoms in total. The molecule has 1 N–H and O–H groups in total. The summed E-state index contributed by atoms with van der Waals surface area (Å²) in [5, 5.41) is 6.34. The SMILES string of the molecule is O=C(Cc1coc2cc3c(cc12)CCC3)Nc1nccs1. The number of amides is 1. The van der Waals surface area contributed by atoms with Crippen molar-refractivity contribution in [2.45, 2.75) is 25.7 Å². The third-order valence-corrected chi connectivity index (χ3v) is 4.59. The van der Waals surface area contributed by atoms with Crippen LogP contribution >= 0.6 is 11.3 Å². The molecule has 4 rings (SSSR count). The number of carbonyl (C=O) groups excluding carboxylic acids is 1. The fourth-order valence-electron chi connectivity index (χ4n) is 2.91. The lowest BCUT2D eigenvalue weighted by Crippen LogP contribution is -2.13. The lowest BCUT2D eigenvalue weighted by molar-refractivity contribution is -0.115. The molecule has 0 saturated carbocycles. The number of hydrogen-bond donors (Lipinski definition) is 1. The Morgan fingerprint density at radius 1 is 1.33 bits per heavy atom. The number of rotatable bonds is 3. The van der Waals surface area contributed by atoms with E-state index in [1.165, 1.54) is 28.9 Å². The van der Waals surface area contributed by atoms with Crippen LogP contribution in [0.4, 0.5) is 5.13 Å². The van der Waals surface area contributed by atoms with E-state index >= 15 is 0 Å². The summed E-state index contributed by atoms with van der Waals surface area (Å²) in [6.07, 6.45) is 7.15. The summed E-state index contributed by atoms with van der Waals surface area (Å²) in [6.45, 7) is 0. The van der Waals surface area contributed by atoms with E-state index in [2.05, 4.69) is 22.4 Å². The normalized spacial score (nSPS) is 13.5. The Hall–Kier alpha value is -2.14. The molecule has 2 heterocycles. The van der Waals surface area contributed by atoms with E-state index in [1.54, 1.807) is 12.5 Å². The number of fused-ring (bicyclic) bond motifs is 2. The number of benzene rings is 1. The molecule has 0 saturated heterocycles. The highest BCUT2D eigenvalue weighted by Crippen LogP contribution is 2.30. The van der Waals surface area contributed by atoms with Gasteiger partial charge in [-0.2, -0.15) is 0 Å². The molecule has 0 spiro atoms. The maximum absolute atomic E-state index is 12.1. The largest absolute Gasteiger partial charge is 0.464 e. The Balaban J connectivity index is 1.60. The van der Waals surface area contributed by atoms with Crippen molar-refractivity contribution in [2.24, 2.45) is 0 Å². The molecule has 2 aromatic heterocycles. The third kappa shape index (κ3) is 2.34. The standard InChI is InChI=1S/C16H14N2O2S/c19-15(18-16-17-4-5-21-16)8-12-9-20-14-7-11-3-1-2-10(11)6-13(12)14/h4-7,9H,1-3,8H2,(H,17,18,19). The number of furan rings is 1. The topological polar surface area (TPSA) is 55.1 Å². The number of anilines is 1. The number of aromatic nitrogens is 1. The quantitative estimate of drug-likeness (QED) is 0.804. The van der Waals surface area contributed by atoms with Gasteiger partial charge >= 0.3 is 0 Å². The molecule has 0 bridgehead atoms. The van der Waals surface area contributed by atoms with Crippen LogP contribution in [0, 0.1) is 0 Å². The fourth-order valence-corrected chi connectivity index (χ4v) is 3.45. The van der Waals surface area contributed by atoms with E-state index in [9.17, 15) is 4.79 Å². The Morgan fingerprint density at radius 3 is 3.00 bits per heavy atom. The average Bonchev–Trinajstić information content (AvgIpc) is 3.18. The monoisotopic (exact) mass is 298 g/mol. The first-order chi connectivity index (χ1) is 10.3. The molecule has 3 aromatic rings. The minimum Gasteiger partial charge on any atom is -0.464 e. The van der Waals surface area contributed by atoms with Gasteiger partial charge in [-0.25, -0.2) is 4.98 Å². The van der Waals surface area contributed by atoms with E-state index in [0.717, 1.165) is 29.4 Å². The number of nitrogens with one attached hydrogen (secondary N) is 1. The van der Waals surface area contributed by atoms with Gasteiger partial charge in [0.15, 0.2) is 5.13 Å². The first-order valence-electron chi connectivity index (χ1n) is 7.01. The molecule has 0 atom stereocenters. The number of hydrogen-bond acceptors (Lipinski definition) is 4. The van der Waals surface area contributed by atoms with Crippen molar-refractivity contribution in [3.8, 4) is 0 Å². The summed E-state index contributed by atoms with van der Waals surface area (Å²) in [5.74, 6) is -0.0619. The van der Waals surface area contributed by atoms with Crippen LogP contribution in [0.5, 0.6) is 0 Å². The van der Waals surface area contributed by atoms with Crippen molar-refractivity contribution in [1.29, 1.82) is 0 Å². The highest BCUT2D eigenvalue weighted by Gasteiger charge is 2.16. The smallest absolute Gasteiger partial charge is 0.230 e. The molecule has 0 radical (unpaired) electrons. The Bertz CT molecular complexity index is 805. The molecule has 1 amide bonds. The van der Waals surface area contributed by atoms with Gasteiger partial charge in [-0.05, 0) is 42.5 Å². The molecule has 0 aliphatic heterocycles. The maximum Gasteiger partial charge on any atom is 0.230 e. The van der Waals surface area contributed by atoms with Crippen LogP contribution in [0.3, 0.4) is 0 Å². The van der Waals surface area contributed by atoms with Gasteiger partial charge in [0, 0.05) is 22.5 Å². The first-order valence-corrected chi connectivity index (χ1v) is 7.89. The minimum atomic E-state index is -0.0619. The van der Waals surface area contributed by atoms with E-state index in [1.807, 2.05) is 5.38 Å². The second-order valence-electron chi connectivity index (χ2n) is 5.29. The van der Waals surface area contributed by atoms with Crippen LogP contribution < -0.4 is 5.32 Å². The Kier molecular flexibility index (Phi) is 3.00. The number of nitrogens with zero attached hydrogens (tertiary/aromatic N) is 1. The summed E-state index contributed by atoms with van der Waals surface area (Å²) < 4.78 is 5.62. The number of aryl methyl sites for hydroxylation is 2. The van der Waals surface area contributed by atoms with Gasteiger partial charge in [-0.1, -0.05) is 0 Å².